The number of aryl methyl sites for hydroxylation is 1. The average Bonchev–Trinajstić information content (AvgIpc) is 3.14. The Bertz CT molecular complexity index is 753. The van der Waals surface area contributed by atoms with E-state index in [1.54, 1.807) is 11.0 Å². The minimum Gasteiger partial charge on any atom is -0.373 e. The predicted octanol–water partition coefficient (Wildman–Crippen LogP) is 1.67. The van der Waals surface area contributed by atoms with Gasteiger partial charge in [-0.05, 0) is 44.4 Å². The second kappa shape index (κ2) is 7.70. The van der Waals surface area contributed by atoms with Gasteiger partial charge in [-0.1, -0.05) is 6.07 Å². The molecule has 2 amide bonds. The average molecular weight is 388 g/mol. The van der Waals surface area contributed by atoms with Crippen LogP contribution >= 0.6 is 0 Å². The van der Waals surface area contributed by atoms with Gasteiger partial charge >= 0.3 is 0 Å². The van der Waals surface area contributed by atoms with Gasteiger partial charge in [0.25, 0.3) is 0 Å². The summed E-state index contributed by atoms with van der Waals surface area (Å²) in [4.78, 5) is 29.0. The van der Waals surface area contributed by atoms with Crippen LogP contribution in [0.5, 0.6) is 0 Å². The molecule has 2 saturated heterocycles. The van der Waals surface area contributed by atoms with Crippen LogP contribution in [0.25, 0.3) is 0 Å². The number of carbonyl (C=O) groups is 2. The zero-order valence-corrected chi connectivity index (χ0v) is 16.6. The lowest BCUT2D eigenvalue weighted by Gasteiger charge is -2.41. The monoisotopic (exact) mass is 388 g/mol. The number of rotatable bonds is 3. The highest BCUT2D eigenvalue weighted by Crippen LogP contribution is 2.31. The standard InChI is InChI=1S/C21H29FN4O2/c1-13-5-6-17(22)16-11-18(24-20(13)16)21(28)23-14-4-3-8-26(12-14)15-7-9-25(2)19(27)10-15/h5-6,14-15,18,24H,3-4,7-12H2,1-2H3,(H,23,28). The molecule has 4 rings (SSSR count). The molecule has 3 heterocycles. The molecule has 3 unspecified atom stereocenters. The third kappa shape index (κ3) is 3.72. The summed E-state index contributed by atoms with van der Waals surface area (Å²) in [5.41, 5.74) is 2.33. The topological polar surface area (TPSA) is 64.7 Å². The van der Waals surface area contributed by atoms with E-state index in [-0.39, 0.29) is 29.7 Å². The van der Waals surface area contributed by atoms with Crippen molar-refractivity contribution in [2.45, 2.75) is 57.2 Å². The van der Waals surface area contributed by atoms with E-state index in [1.807, 2.05) is 14.0 Å². The summed E-state index contributed by atoms with van der Waals surface area (Å²) < 4.78 is 14.1. The van der Waals surface area contributed by atoms with Gasteiger partial charge in [-0.15, -0.1) is 0 Å². The lowest BCUT2D eigenvalue weighted by molar-refractivity contribution is -0.134. The summed E-state index contributed by atoms with van der Waals surface area (Å²) in [5, 5.41) is 6.37. The van der Waals surface area contributed by atoms with Crippen molar-refractivity contribution in [3.05, 3.63) is 29.1 Å². The minimum absolute atomic E-state index is 0.0682. The maximum absolute atomic E-state index is 14.1. The quantitative estimate of drug-likeness (QED) is 0.827. The number of amides is 2. The number of carbonyl (C=O) groups excluding carboxylic acids is 2. The van der Waals surface area contributed by atoms with Crippen molar-refractivity contribution in [2.24, 2.45) is 0 Å². The Kier molecular flexibility index (Phi) is 5.27. The highest BCUT2D eigenvalue weighted by Gasteiger charge is 2.34. The molecule has 2 fully saturated rings. The number of hydrogen-bond donors (Lipinski definition) is 2. The zero-order chi connectivity index (χ0) is 19.8. The first kappa shape index (κ1) is 19.2. The first-order valence-electron chi connectivity index (χ1n) is 10.2. The van der Waals surface area contributed by atoms with Crippen molar-refractivity contribution in [3.63, 3.8) is 0 Å². The molecule has 0 bridgehead atoms. The van der Waals surface area contributed by atoms with Gasteiger partial charge < -0.3 is 15.5 Å². The molecule has 6 nitrogen and oxygen atoms in total. The molecule has 152 valence electrons. The predicted molar refractivity (Wildman–Crippen MR) is 106 cm³/mol. The fraction of sp³-hybridized carbons (Fsp3) is 0.619. The van der Waals surface area contributed by atoms with Crippen molar-refractivity contribution in [1.29, 1.82) is 0 Å². The van der Waals surface area contributed by atoms with Crippen molar-refractivity contribution in [3.8, 4) is 0 Å². The van der Waals surface area contributed by atoms with E-state index in [9.17, 15) is 14.0 Å². The lowest BCUT2D eigenvalue weighted by atomic mass is 9.97. The summed E-state index contributed by atoms with van der Waals surface area (Å²) in [6, 6.07) is 3.13. The number of anilines is 1. The van der Waals surface area contributed by atoms with Crippen LogP contribution in [0.4, 0.5) is 10.1 Å². The van der Waals surface area contributed by atoms with Crippen LogP contribution in [0.1, 0.15) is 36.8 Å². The molecule has 1 aromatic carbocycles. The maximum Gasteiger partial charge on any atom is 0.243 e. The fourth-order valence-electron chi connectivity index (χ4n) is 4.72. The Labute approximate surface area is 165 Å². The van der Waals surface area contributed by atoms with Crippen LogP contribution in [0.2, 0.25) is 0 Å². The smallest absolute Gasteiger partial charge is 0.243 e. The number of piperidine rings is 2. The summed E-state index contributed by atoms with van der Waals surface area (Å²) in [6.07, 6.45) is 3.89. The number of benzene rings is 1. The van der Waals surface area contributed by atoms with Gasteiger partial charge in [-0.25, -0.2) is 4.39 Å². The minimum atomic E-state index is -0.425. The fourth-order valence-corrected chi connectivity index (χ4v) is 4.72. The Balaban J connectivity index is 1.34. The third-order valence-corrected chi connectivity index (χ3v) is 6.46. The van der Waals surface area contributed by atoms with Crippen LogP contribution in [-0.4, -0.2) is 66.4 Å². The first-order chi connectivity index (χ1) is 13.4. The molecule has 0 saturated carbocycles. The molecule has 3 aliphatic rings. The molecule has 1 aromatic rings. The van der Waals surface area contributed by atoms with Gasteiger partial charge in [-0.3, -0.25) is 14.5 Å². The molecule has 3 atom stereocenters. The molecular weight excluding hydrogens is 359 g/mol. The van der Waals surface area contributed by atoms with Gasteiger partial charge in [-0.2, -0.15) is 0 Å². The summed E-state index contributed by atoms with van der Waals surface area (Å²) in [7, 11) is 1.86. The van der Waals surface area contributed by atoms with Crippen molar-refractivity contribution >= 4 is 17.5 Å². The van der Waals surface area contributed by atoms with E-state index in [0.29, 0.717) is 18.4 Å². The maximum atomic E-state index is 14.1. The first-order valence-corrected chi connectivity index (χ1v) is 10.2. The van der Waals surface area contributed by atoms with E-state index < -0.39 is 6.04 Å². The Hall–Kier alpha value is -2.15. The molecule has 2 N–H and O–H groups in total. The van der Waals surface area contributed by atoms with E-state index in [2.05, 4.69) is 15.5 Å². The largest absolute Gasteiger partial charge is 0.373 e. The van der Waals surface area contributed by atoms with E-state index >= 15 is 0 Å². The van der Waals surface area contributed by atoms with E-state index in [1.165, 1.54) is 6.07 Å². The zero-order valence-electron chi connectivity index (χ0n) is 16.6. The van der Waals surface area contributed by atoms with Crippen molar-refractivity contribution in [1.82, 2.24) is 15.1 Å². The summed E-state index contributed by atoms with van der Waals surface area (Å²) >= 11 is 0. The lowest BCUT2D eigenvalue weighted by Crippen LogP contribution is -2.55. The summed E-state index contributed by atoms with van der Waals surface area (Å²) in [5.74, 6) is -0.117. The van der Waals surface area contributed by atoms with Crippen LogP contribution in [0, 0.1) is 12.7 Å². The number of halogens is 1. The number of nitrogens with zero attached hydrogens (tertiary/aromatic N) is 2. The van der Waals surface area contributed by atoms with Crippen LogP contribution in [0.3, 0.4) is 0 Å². The Morgan fingerprint density at radius 1 is 1.25 bits per heavy atom. The van der Waals surface area contributed by atoms with Gasteiger partial charge in [0.15, 0.2) is 0 Å². The second-order valence-electron chi connectivity index (χ2n) is 8.42. The number of fused-ring (bicyclic) bond motifs is 1. The van der Waals surface area contributed by atoms with Gasteiger partial charge in [0.05, 0.1) is 0 Å². The van der Waals surface area contributed by atoms with Gasteiger partial charge in [0.1, 0.15) is 11.9 Å². The van der Waals surface area contributed by atoms with Gasteiger partial charge in [0, 0.05) is 56.3 Å². The van der Waals surface area contributed by atoms with Crippen LogP contribution in [0.15, 0.2) is 12.1 Å². The highest BCUT2D eigenvalue weighted by molar-refractivity contribution is 5.88. The molecule has 0 radical (unpaired) electrons. The highest BCUT2D eigenvalue weighted by atomic mass is 19.1. The molecule has 3 aliphatic heterocycles. The normalized spacial score (nSPS) is 28.0. The van der Waals surface area contributed by atoms with E-state index in [0.717, 1.165) is 50.1 Å². The number of hydrogen-bond acceptors (Lipinski definition) is 4. The molecule has 28 heavy (non-hydrogen) atoms. The SMILES string of the molecule is Cc1ccc(F)c2c1NC(C(=O)NC1CCCN(C3CCN(C)C(=O)C3)C1)C2. The number of likely N-dealkylation sites (tertiary alicyclic amines) is 2. The molecule has 0 spiro atoms. The molecule has 7 heteroatoms. The molecule has 0 aliphatic carbocycles. The van der Waals surface area contributed by atoms with Crippen LogP contribution < -0.4 is 10.6 Å². The van der Waals surface area contributed by atoms with Crippen molar-refractivity contribution in [2.75, 3.05) is 32.0 Å². The summed E-state index contributed by atoms with van der Waals surface area (Å²) in [6.45, 7) is 4.48. The van der Waals surface area contributed by atoms with Gasteiger partial charge in [0.2, 0.25) is 11.8 Å². The second-order valence-corrected chi connectivity index (χ2v) is 8.42. The van der Waals surface area contributed by atoms with Crippen molar-refractivity contribution < 1.29 is 14.0 Å². The molecule has 0 aromatic heterocycles. The van der Waals surface area contributed by atoms with Crippen LogP contribution in [-0.2, 0) is 16.0 Å². The van der Waals surface area contributed by atoms with E-state index in [4.69, 9.17) is 0 Å². The molecular formula is C21H29FN4O2. The third-order valence-electron chi connectivity index (χ3n) is 6.46. The Morgan fingerprint density at radius 3 is 2.82 bits per heavy atom. The Morgan fingerprint density at radius 2 is 2.07 bits per heavy atom. The number of nitrogens with one attached hydrogen (secondary N) is 2.